The number of H-pyrrole nitrogens is 1. The first kappa shape index (κ1) is 17.1. The first-order chi connectivity index (χ1) is 11.1. The molecule has 0 aliphatic carbocycles. The van der Waals surface area contributed by atoms with Gasteiger partial charge in [-0.25, -0.2) is 0 Å². The van der Waals surface area contributed by atoms with Crippen molar-refractivity contribution in [3.8, 4) is 0 Å². The van der Waals surface area contributed by atoms with E-state index in [9.17, 15) is 0 Å². The minimum atomic E-state index is 0.463. The number of nitrogens with one attached hydrogen (secondary N) is 2. The molecule has 0 saturated carbocycles. The minimum Gasteiger partial charge on any atom is -0.370 e. The highest BCUT2D eigenvalue weighted by atomic mass is 15.1. The van der Waals surface area contributed by atoms with E-state index in [1.54, 1.807) is 0 Å². The van der Waals surface area contributed by atoms with Crippen LogP contribution < -0.4 is 11.1 Å². The van der Waals surface area contributed by atoms with Gasteiger partial charge in [-0.1, -0.05) is 26.0 Å². The molecule has 1 atom stereocenters. The fourth-order valence-electron chi connectivity index (χ4n) is 2.41. The molecule has 1 aromatic carbocycles. The first-order valence-corrected chi connectivity index (χ1v) is 8.26. The number of aryl methyl sites for hydroxylation is 2. The van der Waals surface area contributed by atoms with Crippen LogP contribution in [0.25, 0.3) is 0 Å². The predicted octanol–water partition coefficient (Wildman–Crippen LogP) is 3.59. The van der Waals surface area contributed by atoms with E-state index in [0.717, 1.165) is 30.6 Å². The Morgan fingerprint density at radius 1 is 1.35 bits per heavy atom. The third-order valence-corrected chi connectivity index (χ3v) is 4.19. The molecule has 0 saturated heterocycles. The Morgan fingerprint density at radius 3 is 2.70 bits per heavy atom. The van der Waals surface area contributed by atoms with Crippen LogP contribution >= 0.6 is 0 Å². The monoisotopic (exact) mass is 313 g/mol. The van der Waals surface area contributed by atoms with Crippen molar-refractivity contribution in [2.75, 3.05) is 11.9 Å². The van der Waals surface area contributed by atoms with Crippen molar-refractivity contribution >= 4 is 11.6 Å². The summed E-state index contributed by atoms with van der Waals surface area (Å²) in [5.41, 5.74) is 10.6. The zero-order valence-corrected chi connectivity index (χ0v) is 14.3. The summed E-state index contributed by atoms with van der Waals surface area (Å²) in [6.45, 7) is 7.17. The molecular weight excluding hydrogens is 286 g/mol. The Hall–Kier alpha value is -2.30. The number of nitrogens with zero attached hydrogens (tertiary/aromatic N) is 2. The number of rotatable bonds is 7. The summed E-state index contributed by atoms with van der Waals surface area (Å²) in [5.74, 6) is 1.05. The average molecular weight is 313 g/mol. The highest BCUT2D eigenvalue weighted by Crippen LogP contribution is 2.20. The molecule has 4 N–H and O–H groups in total. The van der Waals surface area contributed by atoms with Gasteiger partial charge in [0.2, 0.25) is 0 Å². The number of aromatic nitrogens is 2. The molecule has 5 nitrogen and oxygen atoms in total. The van der Waals surface area contributed by atoms with E-state index >= 15 is 0 Å². The number of aromatic amines is 1. The lowest BCUT2D eigenvalue weighted by Gasteiger charge is -2.10. The van der Waals surface area contributed by atoms with Gasteiger partial charge in [-0.15, -0.1) is 0 Å². The van der Waals surface area contributed by atoms with Crippen LogP contribution in [0.15, 0.2) is 35.5 Å². The Labute approximate surface area is 138 Å². The summed E-state index contributed by atoms with van der Waals surface area (Å²) in [6, 6.07) is 8.40. The lowest BCUT2D eigenvalue weighted by Crippen LogP contribution is -2.22. The molecule has 0 amide bonds. The van der Waals surface area contributed by atoms with E-state index in [2.05, 4.69) is 58.6 Å². The van der Waals surface area contributed by atoms with E-state index in [4.69, 9.17) is 5.73 Å². The quantitative estimate of drug-likeness (QED) is 0.415. The SMILES string of the molecule is CCC(C)c1ccc(NC(N)=NCCCc2cn[nH]c2C)cc1. The van der Waals surface area contributed by atoms with Crippen molar-refractivity contribution < 1.29 is 0 Å². The van der Waals surface area contributed by atoms with E-state index in [-0.39, 0.29) is 0 Å². The zero-order chi connectivity index (χ0) is 16.7. The fourth-order valence-corrected chi connectivity index (χ4v) is 2.41. The van der Waals surface area contributed by atoms with E-state index < -0.39 is 0 Å². The van der Waals surface area contributed by atoms with Gasteiger partial charge in [0.25, 0.3) is 0 Å². The Kier molecular flexibility index (Phi) is 6.20. The van der Waals surface area contributed by atoms with Crippen molar-refractivity contribution in [1.29, 1.82) is 0 Å². The molecule has 23 heavy (non-hydrogen) atoms. The lowest BCUT2D eigenvalue weighted by molar-refractivity contribution is 0.734. The van der Waals surface area contributed by atoms with Gasteiger partial charge in [0.05, 0.1) is 6.20 Å². The molecule has 5 heteroatoms. The van der Waals surface area contributed by atoms with Crippen LogP contribution in [-0.4, -0.2) is 22.7 Å². The highest BCUT2D eigenvalue weighted by Gasteiger charge is 2.03. The molecule has 2 aromatic rings. The second-order valence-corrected chi connectivity index (χ2v) is 5.95. The van der Waals surface area contributed by atoms with Crippen LogP contribution in [0.5, 0.6) is 0 Å². The number of aliphatic imine (C=N–C) groups is 1. The van der Waals surface area contributed by atoms with Crippen LogP contribution in [0.3, 0.4) is 0 Å². The van der Waals surface area contributed by atoms with Crippen LogP contribution in [-0.2, 0) is 6.42 Å². The van der Waals surface area contributed by atoms with Crippen molar-refractivity contribution in [3.05, 3.63) is 47.3 Å². The number of hydrogen-bond acceptors (Lipinski definition) is 2. The molecule has 1 aromatic heterocycles. The smallest absolute Gasteiger partial charge is 0.193 e. The summed E-state index contributed by atoms with van der Waals surface area (Å²) in [6.07, 6.45) is 4.93. The van der Waals surface area contributed by atoms with E-state index in [0.29, 0.717) is 18.4 Å². The molecule has 0 spiro atoms. The Morgan fingerprint density at radius 2 is 2.09 bits per heavy atom. The Bertz CT molecular complexity index is 627. The molecule has 1 heterocycles. The van der Waals surface area contributed by atoms with Crippen molar-refractivity contribution in [1.82, 2.24) is 10.2 Å². The summed E-state index contributed by atoms with van der Waals surface area (Å²) < 4.78 is 0. The maximum atomic E-state index is 5.94. The van der Waals surface area contributed by atoms with E-state index in [1.807, 2.05) is 13.1 Å². The number of benzene rings is 1. The third-order valence-electron chi connectivity index (χ3n) is 4.19. The minimum absolute atomic E-state index is 0.463. The van der Waals surface area contributed by atoms with Gasteiger partial charge in [0.15, 0.2) is 5.96 Å². The molecular formula is C18H27N5. The van der Waals surface area contributed by atoms with Crippen LogP contribution in [0, 0.1) is 6.92 Å². The topological polar surface area (TPSA) is 79.1 Å². The van der Waals surface area contributed by atoms with Crippen molar-refractivity contribution in [2.24, 2.45) is 10.7 Å². The number of nitrogens with two attached hydrogens (primary N) is 1. The molecule has 2 rings (SSSR count). The highest BCUT2D eigenvalue weighted by molar-refractivity contribution is 5.92. The molecule has 0 radical (unpaired) electrons. The first-order valence-electron chi connectivity index (χ1n) is 8.26. The standard InChI is InChI=1S/C18H27N5/c1-4-13(2)15-7-9-17(10-8-15)22-18(19)20-11-5-6-16-12-21-23-14(16)3/h7-10,12-13H,4-6,11H2,1-3H3,(H,21,23)(H3,19,20,22). The molecule has 0 aliphatic rings. The predicted molar refractivity (Wildman–Crippen MR) is 96.9 cm³/mol. The van der Waals surface area contributed by atoms with Crippen LogP contribution in [0.2, 0.25) is 0 Å². The molecule has 1 unspecified atom stereocenters. The van der Waals surface area contributed by atoms with Crippen LogP contribution in [0.4, 0.5) is 5.69 Å². The zero-order valence-electron chi connectivity index (χ0n) is 14.3. The molecule has 0 fully saturated rings. The number of hydrogen-bond donors (Lipinski definition) is 3. The molecule has 124 valence electrons. The normalized spacial score (nSPS) is 13.1. The lowest BCUT2D eigenvalue weighted by atomic mass is 9.99. The second kappa shape index (κ2) is 8.36. The summed E-state index contributed by atoms with van der Waals surface area (Å²) in [4.78, 5) is 4.37. The van der Waals surface area contributed by atoms with Gasteiger partial charge in [0, 0.05) is 17.9 Å². The molecule has 0 bridgehead atoms. The van der Waals surface area contributed by atoms with Gasteiger partial charge >= 0.3 is 0 Å². The number of anilines is 1. The average Bonchev–Trinajstić information content (AvgIpc) is 2.96. The fraction of sp³-hybridized carbons (Fsp3) is 0.444. The Balaban J connectivity index is 1.79. The molecule has 0 aliphatic heterocycles. The van der Waals surface area contributed by atoms with Crippen LogP contribution in [0.1, 0.15) is 49.4 Å². The number of guanidine groups is 1. The second-order valence-electron chi connectivity index (χ2n) is 5.95. The summed E-state index contributed by atoms with van der Waals surface area (Å²) in [7, 11) is 0. The maximum Gasteiger partial charge on any atom is 0.193 e. The van der Waals surface area contributed by atoms with Gasteiger partial charge in [-0.2, -0.15) is 5.10 Å². The van der Waals surface area contributed by atoms with Crippen molar-refractivity contribution in [3.63, 3.8) is 0 Å². The van der Waals surface area contributed by atoms with Gasteiger partial charge < -0.3 is 11.1 Å². The van der Waals surface area contributed by atoms with Gasteiger partial charge in [-0.3, -0.25) is 10.1 Å². The summed E-state index contributed by atoms with van der Waals surface area (Å²) in [5, 5.41) is 10.1. The summed E-state index contributed by atoms with van der Waals surface area (Å²) >= 11 is 0. The van der Waals surface area contributed by atoms with E-state index in [1.165, 1.54) is 11.1 Å². The largest absolute Gasteiger partial charge is 0.370 e. The maximum absolute atomic E-state index is 5.94. The van der Waals surface area contributed by atoms with Gasteiger partial charge in [0.1, 0.15) is 0 Å². The van der Waals surface area contributed by atoms with Gasteiger partial charge in [-0.05, 0) is 55.4 Å². The third kappa shape index (κ3) is 5.13. The van der Waals surface area contributed by atoms with Crippen molar-refractivity contribution in [2.45, 2.75) is 46.0 Å².